The van der Waals surface area contributed by atoms with Crippen LogP contribution >= 0.6 is 0 Å². The molecule has 0 amide bonds. The second-order valence-corrected chi connectivity index (χ2v) is 5.52. The number of nitrogens with one attached hydrogen (secondary N) is 2. The maximum Gasteiger partial charge on any atom is 0.0991 e. The highest BCUT2D eigenvalue weighted by atomic mass is 14.9. The zero-order valence-corrected chi connectivity index (χ0v) is 11.5. The van der Waals surface area contributed by atoms with Gasteiger partial charge in [0.1, 0.15) is 0 Å². The normalized spacial score (nSPS) is 21.9. The molecule has 3 nitrogen and oxygen atoms in total. The summed E-state index contributed by atoms with van der Waals surface area (Å²) >= 11 is 0. The van der Waals surface area contributed by atoms with Gasteiger partial charge < -0.3 is 10.3 Å². The highest BCUT2D eigenvalue weighted by Gasteiger charge is 2.27. The fourth-order valence-electron chi connectivity index (χ4n) is 3.25. The van der Waals surface area contributed by atoms with E-state index in [4.69, 9.17) is 5.26 Å². The van der Waals surface area contributed by atoms with Crippen LogP contribution in [0.25, 0.3) is 10.9 Å². The minimum atomic E-state index is 0.583. The molecule has 0 aliphatic heterocycles. The van der Waals surface area contributed by atoms with Gasteiger partial charge in [-0.1, -0.05) is 6.08 Å². The molecule has 0 spiro atoms. The number of fused-ring (bicyclic) bond motifs is 1. The van der Waals surface area contributed by atoms with Gasteiger partial charge in [0.15, 0.2) is 0 Å². The Bertz CT molecular complexity index is 662. The molecule has 1 fully saturated rings. The van der Waals surface area contributed by atoms with E-state index in [1.807, 2.05) is 24.3 Å². The molecule has 3 rings (SSSR count). The molecule has 2 atom stereocenters. The lowest BCUT2D eigenvalue weighted by atomic mass is 9.96. The van der Waals surface area contributed by atoms with Crippen LogP contribution in [-0.2, 0) is 0 Å². The van der Waals surface area contributed by atoms with Gasteiger partial charge in [0.2, 0.25) is 0 Å². The van der Waals surface area contributed by atoms with Crippen molar-refractivity contribution in [1.82, 2.24) is 10.3 Å². The average molecular weight is 265 g/mol. The van der Waals surface area contributed by atoms with Crippen LogP contribution in [0, 0.1) is 11.3 Å². The fraction of sp³-hybridized carbons (Fsp3) is 0.353. The number of rotatable bonds is 4. The Kier molecular flexibility index (Phi) is 3.58. The smallest absolute Gasteiger partial charge is 0.0991 e. The molecule has 0 radical (unpaired) electrons. The zero-order valence-electron chi connectivity index (χ0n) is 11.5. The number of aromatic nitrogens is 1. The van der Waals surface area contributed by atoms with E-state index in [9.17, 15) is 0 Å². The molecule has 2 unspecified atom stereocenters. The standard InChI is InChI=1S/C17H19N3/c1-2-7-19-14-5-4-13(9-14)16-11-20-17-6-3-12(10-18)8-15(16)17/h2-3,6,8,11,13-14,19-20H,1,4-5,7,9H2. The van der Waals surface area contributed by atoms with Crippen LogP contribution in [0.1, 0.15) is 36.3 Å². The Hall–Kier alpha value is -2.05. The largest absolute Gasteiger partial charge is 0.361 e. The number of hydrogen-bond acceptors (Lipinski definition) is 2. The summed E-state index contributed by atoms with van der Waals surface area (Å²) in [6.07, 6.45) is 7.61. The molecular formula is C17H19N3. The van der Waals surface area contributed by atoms with Crippen LogP contribution in [0.2, 0.25) is 0 Å². The van der Waals surface area contributed by atoms with E-state index in [0.717, 1.165) is 24.0 Å². The summed E-state index contributed by atoms with van der Waals surface area (Å²) in [7, 11) is 0. The number of benzene rings is 1. The quantitative estimate of drug-likeness (QED) is 0.832. The Balaban J connectivity index is 1.84. The van der Waals surface area contributed by atoms with Gasteiger partial charge in [-0.25, -0.2) is 0 Å². The van der Waals surface area contributed by atoms with Gasteiger partial charge in [0, 0.05) is 29.7 Å². The first-order chi connectivity index (χ1) is 9.81. The topological polar surface area (TPSA) is 51.6 Å². The number of H-pyrrole nitrogens is 1. The minimum Gasteiger partial charge on any atom is -0.361 e. The predicted molar refractivity (Wildman–Crippen MR) is 81.6 cm³/mol. The molecule has 0 bridgehead atoms. The van der Waals surface area contributed by atoms with Crippen molar-refractivity contribution < 1.29 is 0 Å². The molecular weight excluding hydrogens is 246 g/mol. The second-order valence-electron chi connectivity index (χ2n) is 5.52. The molecule has 20 heavy (non-hydrogen) atoms. The Labute approximate surface area is 119 Å². The third-order valence-corrected chi connectivity index (χ3v) is 4.27. The summed E-state index contributed by atoms with van der Waals surface area (Å²) in [4.78, 5) is 3.33. The first kappa shape index (κ1) is 13.0. The number of hydrogen-bond donors (Lipinski definition) is 2. The van der Waals surface area contributed by atoms with Gasteiger partial charge in [0.05, 0.1) is 11.6 Å². The van der Waals surface area contributed by atoms with Crippen molar-refractivity contribution in [2.45, 2.75) is 31.2 Å². The highest BCUT2D eigenvalue weighted by Crippen LogP contribution is 2.38. The summed E-state index contributed by atoms with van der Waals surface area (Å²) in [6, 6.07) is 8.68. The van der Waals surface area contributed by atoms with E-state index in [2.05, 4.69) is 29.1 Å². The fourth-order valence-corrected chi connectivity index (χ4v) is 3.25. The van der Waals surface area contributed by atoms with Crippen LogP contribution in [-0.4, -0.2) is 17.6 Å². The number of aromatic amines is 1. The van der Waals surface area contributed by atoms with Crippen LogP contribution in [0.5, 0.6) is 0 Å². The summed E-state index contributed by atoms with van der Waals surface area (Å²) in [6.45, 7) is 4.63. The van der Waals surface area contributed by atoms with Crippen molar-refractivity contribution in [2.24, 2.45) is 0 Å². The number of nitrogens with zero attached hydrogens (tertiary/aromatic N) is 1. The number of nitriles is 1. The molecule has 1 saturated carbocycles. The van der Waals surface area contributed by atoms with Gasteiger partial charge in [-0.05, 0) is 48.9 Å². The van der Waals surface area contributed by atoms with Crippen molar-refractivity contribution in [1.29, 1.82) is 5.26 Å². The van der Waals surface area contributed by atoms with Crippen molar-refractivity contribution in [3.8, 4) is 6.07 Å². The van der Waals surface area contributed by atoms with Crippen LogP contribution in [0.15, 0.2) is 37.1 Å². The lowest BCUT2D eigenvalue weighted by Crippen LogP contribution is -2.26. The molecule has 1 heterocycles. The zero-order chi connectivity index (χ0) is 13.9. The molecule has 102 valence electrons. The third kappa shape index (κ3) is 2.35. The summed E-state index contributed by atoms with van der Waals surface area (Å²) in [5, 5.41) is 13.8. The van der Waals surface area contributed by atoms with E-state index in [1.165, 1.54) is 23.8 Å². The maximum atomic E-state index is 9.05. The Morgan fingerprint density at radius 3 is 3.15 bits per heavy atom. The molecule has 2 aromatic rings. The van der Waals surface area contributed by atoms with E-state index in [1.54, 1.807) is 0 Å². The third-order valence-electron chi connectivity index (χ3n) is 4.27. The first-order valence-corrected chi connectivity index (χ1v) is 7.17. The predicted octanol–water partition coefficient (Wildman–Crippen LogP) is 3.45. The molecule has 2 N–H and O–H groups in total. The van der Waals surface area contributed by atoms with Gasteiger partial charge in [0.25, 0.3) is 0 Å². The van der Waals surface area contributed by atoms with Gasteiger partial charge in [-0.2, -0.15) is 5.26 Å². The molecule has 0 saturated heterocycles. The van der Waals surface area contributed by atoms with Gasteiger partial charge in [-0.15, -0.1) is 6.58 Å². The molecule has 3 heteroatoms. The van der Waals surface area contributed by atoms with E-state index in [-0.39, 0.29) is 0 Å². The van der Waals surface area contributed by atoms with Crippen molar-refractivity contribution >= 4 is 10.9 Å². The second kappa shape index (κ2) is 5.52. The first-order valence-electron chi connectivity index (χ1n) is 7.17. The SMILES string of the molecule is C=CCNC1CCC(c2c[nH]c3ccc(C#N)cc23)C1. The van der Waals surface area contributed by atoms with Crippen LogP contribution in [0.3, 0.4) is 0 Å². The van der Waals surface area contributed by atoms with Crippen molar-refractivity contribution in [2.75, 3.05) is 6.54 Å². The van der Waals surface area contributed by atoms with E-state index < -0.39 is 0 Å². The Morgan fingerprint density at radius 1 is 1.45 bits per heavy atom. The molecule has 1 aliphatic rings. The Morgan fingerprint density at radius 2 is 2.35 bits per heavy atom. The lowest BCUT2D eigenvalue weighted by molar-refractivity contribution is 0.549. The van der Waals surface area contributed by atoms with Crippen LogP contribution < -0.4 is 5.32 Å². The summed E-state index contributed by atoms with van der Waals surface area (Å²) in [5.41, 5.74) is 3.22. The van der Waals surface area contributed by atoms with E-state index in [0.29, 0.717) is 12.0 Å². The van der Waals surface area contributed by atoms with Gasteiger partial charge in [-0.3, -0.25) is 0 Å². The average Bonchev–Trinajstić information content (AvgIpc) is 3.10. The van der Waals surface area contributed by atoms with Crippen molar-refractivity contribution in [3.05, 3.63) is 48.2 Å². The maximum absolute atomic E-state index is 9.05. The minimum absolute atomic E-state index is 0.583. The summed E-state index contributed by atoms with van der Waals surface area (Å²) in [5.74, 6) is 0.583. The highest BCUT2D eigenvalue weighted by molar-refractivity contribution is 5.85. The molecule has 1 aromatic carbocycles. The molecule has 1 aromatic heterocycles. The van der Waals surface area contributed by atoms with Crippen molar-refractivity contribution in [3.63, 3.8) is 0 Å². The van der Waals surface area contributed by atoms with E-state index >= 15 is 0 Å². The van der Waals surface area contributed by atoms with Gasteiger partial charge >= 0.3 is 0 Å². The molecule has 1 aliphatic carbocycles. The monoisotopic (exact) mass is 265 g/mol. The summed E-state index contributed by atoms with van der Waals surface area (Å²) < 4.78 is 0. The van der Waals surface area contributed by atoms with Crippen LogP contribution in [0.4, 0.5) is 0 Å². The lowest BCUT2D eigenvalue weighted by Gasteiger charge is -2.11.